The van der Waals surface area contributed by atoms with E-state index in [2.05, 4.69) is 5.32 Å². The van der Waals surface area contributed by atoms with E-state index in [1.165, 1.54) is 0 Å². The van der Waals surface area contributed by atoms with Crippen LogP contribution < -0.4 is 5.32 Å². The lowest BCUT2D eigenvalue weighted by Gasteiger charge is -2.15. The number of carbonyl (C=O) groups excluding carboxylic acids is 1. The summed E-state index contributed by atoms with van der Waals surface area (Å²) in [6.07, 6.45) is -6.48. The summed E-state index contributed by atoms with van der Waals surface area (Å²) in [5.41, 5.74) is -0.118. The van der Waals surface area contributed by atoms with Crippen LogP contribution in [0.25, 0.3) is 0 Å². The minimum atomic E-state index is -4.67. The molecular weight excluding hydrogens is 211 g/mol. The molecule has 1 amide bonds. The van der Waals surface area contributed by atoms with Crippen LogP contribution in [0.5, 0.6) is 0 Å². The van der Waals surface area contributed by atoms with E-state index in [9.17, 15) is 18.0 Å². The van der Waals surface area contributed by atoms with Gasteiger partial charge in [0.2, 0.25) is 5.91 Å². The zero-order valence-electron chi connectivity index (χ0n) is 8.56. The maximum absolute atomic E-state index is 11.9. The van der Waals surface area contributed by atoms with Gasteiger partial charge in [-0.3, -0.25) is 4.79 Å². The fourth-order valence-corrected chi connectivity index (χ4v) is 1.35. The van der Waals surface area contributed by atoms with Crippen molar-refractivity contribution in [1.82, 2.24) is 5.32 Å². The van der Waals surface area contributed by atoms with Crippen LogP contribution in [0, 0.1) is 11.3 Å². The van der Waals surface area contributed by atoms with E-state index in [-0.39, 0.29) is 11.3 Å². The zero-order chi connectivity index (χ0) is 11.9. The zero-order valence-corrected chi connectivity index (χ0v) is 8.56. The SMILES string of the molecule is CC1(C)CC1C(=O)NCC(O)C(F)(F)F. The molecule has 2 N–H and O–H groups in total. The molecule has 0 saturated heterocycles. The predicted octanol–water partition coefficient (Wildman–Crippen LogP) is 1.07. The van der Waals surface area contributed by atoms with Crippen molar-refractivity contribution < 1.29 is 23.1 Å². The number of carbonyl (C=O) groups is 1. The summed E-state index contributed by atoms with van der Waals surface area (Å²) < 4.78 is 35.6. The second-order valence-electron chi connectivity index (χ2n) is 4.55. The molecule has 0 aromatic carbocycles. The molecule has 1 aliphatic rings. The average molecular weight is 225 g/mol. The van der Waals surface area contributed by atoms with Crippen LogP contribution in [0.4, 0.5) is 13.2 Å². The number of halogens is 3. The van der Waals surface area contributed by atoms with Crippen molar-refractivity contribution >= 4 is 5.91 Å². The normalized spacial score (nSPS) is 25.9. The van der Waals surface area contributed by atoms with Crippen LogP contribution in [-0.2, 0) is 4.79 Å². The summed E-state index contributed by atoms with van der Waals surface area (Å²) in [6.45, 7) is 2.98. The quantitative estimate of drug-likeness (QED) is 0.754. The second-order valence-corrected chi connectivity index (χ2v) is 4.55. The Bertz CT molecular complexity index is 263. The highest BCUT2D eigenvalue weighted by molar-refractivity contribution is 5.82. The molecule has 0 heterocycles. The van der Waals surface area contributed by atoms with E-state index in [0.29, 0.717) is 6.42 Å². The van der Waals surface area contributed by atoms with Crippen LogP contribution in [0.2, 0.25) is 0 Å². The van der Waals surface area contributed by atoms with E-state index < -0.39 is 24.7 Å². The summed E-state index contributed by atoms with van der Waals surface area (Å²) in [5, 5.41) is 10.7. The Morgan fingerprint density at radius 3 is 2.40 bits per heavy atom. The number of aliphatic hydroxyl groups excluding tert-OH is 1. The first kappa shape index (κ1) is 12.3. The molecule has 1 rings (SSSR count). The highest BCUT2D eigenvalue weighted by Gasteiger charge is 2.50. The first-order valence-corrected chi connectivity index (χ1v) is 4.67. The van der Waals surface area contributed by atoms with Crippen LogP contribution in [0.15, 0.2) is 0 Å². The summed E-state index contributed by atoms with van der Waals surface area (Å²) in [6, 6.07) is 0. The number of hydrogen-bond acceptors (Lipinski definition) is 2. The number of alkyl halides is 3. The summed E-state index contributed by atoms with van der Waals surface area (Å²) in [7, 11) is 0. The van der Waals surface area contributed by atoms with Gasteiger partial charge in [-0.25, -0.2) is 0 Å². The average Bonchev–Trinajstić information content (AvgIpc) is 2.68. The number of rotatable bonds is 3. The van der Waals surface area contributed by atoms with E-state index in [0.717, 1.165) is 0 Å². The van der Waals surface area contributed by atoms with E-state index in [4.69, 9.17) is 5.11 Å². The number of aliphatic hydroxyl groups is 1. The smallest absolute Gasteiger partial charge is 0.382 e. The fourth-order valence-electron chi connectivity index (χ4n) is 1.35. The van der Waals surface area contributed by atoms with Gasteiger partial charge in [0.1, 0.15) is 0 Å². The van der Waals surface area contributed by atoms with Gasteiger partial charge >= 0.3 is 6.18 Å². The summed E-state index contributed by atoms with van der Waals surface area (Å²) in [4.78, 5) is 11.3. The van der Waals surface area contributed by atoms with Crippen LogP contribution in [0.3, 0.4) is 0 Å². The molecule has 1 fully saturated rings. The lowest BCUT2D eigenvalue weighted by molar-refractivity contribution is -0.201. The van der Waals surface area contributed by atoms with Gasteiger partial charge < -0.3 is 10.4 Å². The van der Waals surface area contributed by atoms with Crippen molar-refractivity contribution in [3.05, 3.63) is 0 Å². The third-order valence-electron chi connectivity index (χ3n) is 2.68. The van der Waals surface area contributed by atoms with Crippen molar-refractivity contribution in [2.24, 2.45) is 11.3 Å². The first-order valence-electron chi connectivity index (χ1n) is 4.67. The van der Waals surface area contributed by atoms with Crippen molar-refractivity contribution in [2.45, 2.75) is 32.5 Å². The monoisotopic (exact) mass is 225 g/mol. The molecule has 0 aliphatic heterocycles. The molecular formula is C9H14F3NO2. The molecule has 1 saturated carbocycles. The standard InChI is InChI=1S/C9H14F3NO2/c1-8(2)3-5(8)7(15)13-4-6(14)9(10,11)12/h5-6,14H,3-4H2,1-2H3,(H,13,15). The predicted molar refractivity (Wildman–Crippen MR) is 47.0 cm³/mol. The van der Waals surface area contributed by atoms with E-state index in [1.54, 1.807) is 0 Å². The highest BCUT2D eigenvalue weighted by atomic mass is 19.4. The lowest BCUT2D eigenvalue weighted by Crippen LogP contribution is -2.41. The third-order valence-corrected chi connectivity index (χ3v) is 2.68. The van der Waals surface area contributed by atoms with Crippen molar-refractivity contribution in [1.29, 1.82) is 0 Å². The number of hydrogen-bond donors (Lipinski definition) is 2. The minimum Gasteiger partial charge on any atom is -0.382 e. The highest BCUT2D eigenvalue weighted by Crippen LogP contribution is 2.51. The van der Waals surface area contributed by atoms with Crippen molar-refractivity contribution in [3.8, 4) is 0 Å². The molecule has 6 heteroatoms. The van der Waals surface area contributed by atoms with Crippen LogP contribution >= 0.6 is 0 Å². The Hall–Kier alpha value is -0.780. The first-order chi connectivity index (χ1) is 6.64. The van der Waals surface area contributed by atoms with Crippen molar-refractivity contribution in [2.75, 3.05) is 6.54 Å². The third kappa shape index (κ3) is 3.09. The number of nitrogens with one attached hydrogen (secondary N) is 1. The summed E-state index contributed by atoms with van der Waals surface area (Å²) in [5.74, 6) is -0.638. The molecule has 0 aromatic heterocycles. The van der Waals surface area contributed by atoms with Gasteiger partial charge in [0, 0.05) is 5.92 Å². The largest absolute Gasteiger partial charge is 0.416 e. The maximum Gasteiger partial charge on any atom is 0.416 e. The Morgan fingerprint density at radius 2 is 2.07 bits per heavy atom. The number of amides is 1. The van der Waals surface area contributed by atoms with Gasteiger partial charge in [-0.15, -0.1) is 0 Å². The van der Waals surface area contributed by atoms with Gasteiger partial charge in [-0.2, -0.15) is 13.2 Å². The van der Waals surface area contributed by atoms with Gasteiger partial charge in [-0.05, 0) is 11.8 Å². The van der Waals surface area contributed by atoms with Gasteiger partial charge in [0.05, 0.1) is 6.54 Å². The maximum atomic E-state index is 11.9. The molecule has 3 nitrogen and oxygen atoms in total. The van der Waals surface area contributed by atoms with Crippen molar-refractivity contribution in [3.63, 3.8) is 0 Å². The molecule has 0 aromatic rings. The fraction of sp³-hybridized carbons (Fsp3) is 0.889. The minimum absolute atomic E-state index is 0.118. The van der Waals surface area contributed by atoms with E-state index >= 15 is 0 Å². The van der Waals surface area contributed by atoms with Crippen LogP contribution in [-0.4, -0.2) is 29.8 Å². The van der Waals surface area contributed by atoms with E-state index in [1.807, 2.05) is 13.8 Å². The Balaban J connectivity index is 2.30. The lowest BCUT2D eigenvalue weighted by atomic mass is 10.1. The van der Waals surface area contributed by atoms with Gasteiger partial charge in [0.15, 0.2) is 6.10 Å². The summed E-state index contributed by atoms with van der Waals surface area (Å²) >= 11 is 0. The van der Waals surface area contributed by atoms with Gasteiger partial charge in [-0.1, -0.05) is 13.8 Å². The molecule has 0 bridgehead atoms. The molecule has 88 valence electrons. The molecule has 2 atom stereocenters. The molecule has 1 aliphatic carbocycles. The topological polar surface area (TPSA) is 49.3 Å². The van der Waals surface area contributed by atoms with Gasteiger partial charge in [0.25, 0.3) is 0 Å². The Morgan fingerprint density at radius 1 is 1.60 bits per heavy atom. The molecule has 0 radical (unpaired) electrons. The van der Waals surface area contributed by atoms with Crippen LogP contribution in [0.1, 0.15) is 20.3 Å². The second kappa shape index (κ2) is 3.66. The molecule has 2 unspecified atom stereocenters. The molecule has 15 heavy (non-hydrogen) atoms. The Labute approximate surface area is 85.7 Å². The Kier molecular flexibility index (Phi) is 3.00. The molecule has 0 spiro atoms.